The van der Waals surface area contributed by atoms with Gasteiger partial charge in [-0.3, -0.25) is 4.79 Å². The van der Waals surface area contributed by atoms with Gasteiger partial charge in [0, 0.05) is 6.42 Å². The van der Waals surface area contributed by atoms with Gasteiger partial charge in [0.1, 0.15) is 5.75 Å². The van der Waals surface area contributed by atoms with Crippen molar-refractivity contribution in [2.24, 2.45) is 5.16 Å². The maximum Gasteiger partial charge on any atom is 0.547 e. The summed E-state index contributed by atoms with van der Waals surface area (Å²) in [6, 6.07) is 4.67. The van der Waals surface area contributed by atoms with Crippen LogP contribution in [0.5, 0.6) is 5.75 Å². The molecular formula is C14H17BN2O6. The topological polar surface area (TPSA) is 128 Å². The van der Waals surface area contributed by atoms with Crippen LogP contribution in [0.25, 0.3) is 0 Å². The van der Waals surface area contributed by atoms with Gasteiger partial charge in [0.25, 0.3) is 0 Å². The molecule has 1 atom stereocenters. The van der Waals surface area contributed by atoms with Crippen molar-refractivity contribution in [1.82, 2.24) is 5.32 Å². The Labute approximate surface area is 132 Å². The zero-order chi connectivity index (χ0) is 17.0. The number of carbonyl (C=O) groups excluding carboxylic acids is 1. The molecule has 0 aliphatic carbocycles. The van der Waals surface area contributed by atoms with E-state index in [1.165, 1.54) is 6.07 Å². The van der Waals surface area contributed by atoms with E-state index in [-0.39, 0.29) is 30.1 Å². The van der Waals surface area contributed by atoms with E-state index in [0.29, 0.717) is 17.7 Å². The fourth-order valence-electron chi connectivity index (χ4n) is 2.34. The summed E-state index contributed by atoms with van der Waals surface area (Å²) in [5.74, 6) is -2.01. The fraction of sp³-hybridized carbons (Fsp3) is 0.357. The molecule has 1 aliphatic heterocycles. The molecular weight excluding hydrogens is 303 g/mol. The summed E-state index contributed by atoms with van der Waals surface area (Å²) in [5, 5.41) is 33.3. The summed E-state index contributed by atoms with van der Waals surface area (Å²) in [6.07, 6.45) is 0.670. The van der Waals surface area contributed by atoms with Gasteiger partial charge in [-0.05, 0) is 31.4 Å². The molecule has 0 spiro atoms. The second-order valence-electron chi connectivity index (χ2n) is 5.32. The van der Waals surface area contributed by atoms with Gasteiger partial charge in [0.2, 0.25) is 5.91 Å². The van der Waals surface area contributed by atoms with E-state index in [1.807, 2.05) is 0 Å². The summed E-state index contributed by atoms with van der Waals surface area (Å²) in [6.45, 7) is 1.59. The van der Waals surface area contributed by atoms with E-state index in [2.05, 4.69) is 10.5 Å². The summed E-state index contributed by atoms with van der Waals surface area (Å²) in [5.41, 5.74) is 1.01. The first-order valence-electron chi connectivity index (χ1n) is 7.09. The molecule has 1 aromatic rings. The molecule has 0 fully saturated rings. The quantitative estimate of drug-likeness (QED) is 0.270. The van der Waals surface area contributed by atoms with Gasteiger partial charge in [-0.15, -0.1) is 0 Å². The van der Waals surface area contributed by atoms with Crippen LogP contribution in [0.4, 0.5) is 0 Å². The molecule has 2 rings (SSSR count). The summed E-state index contributed by atoms with van der Waals surface area (Å²) in [7, 11) is -1.33. The molecule has 23 heavy (non-hydrogen) atoms. The lowest BCUT2D eigenvalue weighted by molar-refractivity contribution is -0.121. The van der Waals surface area contributed by atoms with Gasteiger partial charge in [-0.1, -0.05) is 17.3 Å². The SMILES string of the molecule is C/C(CCC(=O)NC1Cc2cccc(C(=O)O)c2OB1O)=N/O. The van der Waals surface area contributed by atoms with E-state index in [0.717, 1.165) is 0 Å². The van der Waals surface area contributed by atoms with Crippen LogP contribution in [-0.4, -0.2) is 46.0 Å². The Balaban J connectivity index is 2.06. The lowest BCUT2D eigenvalue weighted by atomic mass is 9.72. The van der Waals surface area contributed by atoms with Gasteiger partial charge in [0.15, 0.2) is 0 Å². The number of para-hydroxylation sites is 1. The molecule has 0 bridgehead atoms. The highest BCUT2D eigenvalue weighted by atomic mass is 16.5. The number of benzene rings is 1. The van der Waals surface area contributed by atoms with Gasteiger partial charge >= 0.3 is 13.1 Å². The molecule has 0 radical (unpaired) electrons. The van der Waals surface area contributed by atoms with Crippen LogP contribution in [0, 0.1) is 0 Å². The molecule has 1 amide bonds. The molecule has 1 heterocycles. The number of oxime groups is 1. The summed E-state index contributed by atoms with van der Waals surface area (Å²) < 4.78 is 5.28. The monoisotopic (exact) mass is 320 g/mol. The van der Waals surface area contributed by atoms with E-state index >= 15 is 0 Å². The number of aromatic carboxylic acids is 1. The van der Waals surface area contributed by atoms with Crippen molar-refractivity contribution in [2.45, 2.75) is 32.1 Å². The minimum absolute atomic E-state index is 0.0268. The molecule has 0 aromatic heterocycles. The van der Waals surface area contributed by atoms with Crippen molar-refractivity contribution in [2.75, 3.05) is 0 Å². The lowest BCUT2D eigenvalue weighted by Gasteiger charge is -2.28. The normalized spacial score (nSPS) is 17.2. The molecule has 4 N–H and O–H groups in total. The number of rotatable bonds is 5. The van der Waals surface area contributed by atoms with E-state index in [9.17, 15) is 14.6 Å². The lowest BCUT2D eigenvalue weighted by Crippen LogP contribution is -2.53. The number of hydrogen-bond acceptors (Lipinski definition) is 6. The average Bonchev–Trinajstić information content (AvgIpc) is 2.52. The average molecular weight is 320 g/mol. The summed E-state index contributed by atoms with van der Waals surface area (Å²) in [4.78, 5) is 23.0. The molecule has 122 valence electrons. The molecule has 9 heteroatoms. The molecule has 8 nitrogen and oxygen atoms in total. The standard InChI is InChI=1S/C14H17BN2O6/c1-8(17-22)5-6-12(18)16-11-7-9-3-2-4-10(14(19)20)13(9)23-15(11)21/h2-4,11,21-22H,5-7H2,1H3,(H,16,18)(H,19,20)/b17-8-. The third kappa shape index (κ3) is 4.01. The highest BCUT2D eigenvalue weighted by molar-refractivity contribution is 6.47. The number of hydrogen-bond donors (Lipinski definition) is 4. The van der Waals surface area contributed by atoms with Crippen LogP contribution in [0.3, 0.4) is 0 Å². The minimum Gasteiger partial charge on any atom is -0.534 e. The maximum atomic E-state index is 11.9. The van der Waals surface area contributed by atoms with Gasteiger partial charge in [-0.25, -0.2) is 4.79 Å². The zero-order valence-electron chi connectivity index (χ0n) is 12.5. The van der Waals surface area contributed by atoms with E-state index in [4.69, 9.17) is 15.0 Å². The fourth-order valence-corrected chi connectivity index (χ4v) is 2.34. The first-order chi connectivity index (χ1) is 10.9. The van der Waals surface area contributed by atoms with Crippen molar-refractivity contribution in [3.05, 3.63) is 29.3 Å². The van der Waals surface area contributed by atoms with Gasteiger partial charge in [0.05, 0.1) is 17.2 Å². The van der Waals surface area contributed by atoms with Crippen molar-refractivity contribution in [3.8, 4) is 5.75 Å². The molecule has 0 saturated carbocycles. The summed E-state index contributed by atoms with van der Waals surface area (Å²) >= 11 is 0. The minimum atomic E-state index is -1.33. The molecule has 1 aliphatic rings. The number of carboxylic acid groups (broad SMARTS) is 1. The van der Waals surface area contributed by atoms with Gasteiger partial charge < -0.3 is 25.3 Å². The molecule has 0 saturated heterocycles. The van der Waals surface area contributed by atoms with Crippen LogP contribution < -0.4 is 9.97 Å². The Morgan fingerprint density at radius 2 is 2.17 bits per heavy atom. The Kier molecular flexibility index (Phi) is 5.22. The number of carbonyl (C=O) groups is 2. The molecule has 1 aromatic carbocycles. The van der Waals surface area contributed by atoms with E-state index < -0.39 is 19.0 Å². The third-order valence-electron chi connectivity index (χ3n) is 3.58. The third-order valence-corrected chi connectivity index (χ3v) is 3.58. The zero-order valence-corrected chi connectivity index (χ0v) is 12.5. The van der Waals surface area contributed by atoms with Crippen LogP contribution in [0.1, 0.15) is 35.7 Å². The predicted octanol–water partition coefficient (Wildman–Crippen LogP) is 0.454. The number of nitrogens with one attached hydrogen (secondary N) is 1. The highest BCUT2D eigenvalue weighted by Gasteiger charge is 2.37. The number of carboxylic acids is 1. The number of amides is 1. The van der Waals surface area contributed by atoms with Crippen molar-refractivity contribution < 1.29 is 29.6 Å². The smallest absolute Gasteiger partial charge is 0.534 e. The van der Waals surface area contributed by atoms with Crippen LogP contribution in [0.2, 0.25) is 0 Å². The second-order valence-corrected chi connectivity index (χ2v) is 5.32. The van der Waals surface area contributed by atoms with Crippen LogP contribution in [0.15, 0.2) is 23.4 Å². The van der Waals surface area contributed by atoms with Crippen LogP contribution in [-0.2, 0) is 11.2 Å². The maximum absolute atomic E-state index is 11.9. The predicted molar refractivity (Wildman–Crippen MR) is 81.8 cm³/mol. The largest absolute Gasteiger partial charge is 0.547 e. The van der Waals surface area contributed by atoms with Gasteiger partial charge in [-0.2, -0.15) is 0 Å². The highest BCUT2D eigenvalue weighted by Crippen LogP contribution is 2.30. The Hall–Kier alpha value is -2.55. The number of fused-ring (bicyclic) bond motifs is 1. The van der Waals surface area contributed by atoms with E-state index in [1.54, 1.807) is 19.1 Å². The number of nitrogens with zero attached hydrogens (tertiary/aromatic N) is 1. The first-order valence-corrected chi connectivity index (χ1v) is 7.09. The first kappa shape index (κ1) is 16.8. The van der Waals surface area contributed by atoms with Crippen LogP contribution >= 0.6 is 0 Å². The molecule has 1 unspecified atom stereocenters. The second kappa shape index (κ2) is 7.14. The Morgan fingerprint density at radius 3 is 2.83 bits per heavy atom. The van der Waals surface area contributed by atoms with Crippen molar-refractivity contribution >= 4 is 24.7 Å². The van der Waals surface area contributed by atoms with Crippen molar-refractivity contribution in [1.29, 1.82) is 0 Å². The Bertz CT molecular complexity index is 648. The Morgan fingerprint density at radius 1 is 1.43 bits per heavy atom. The van der Waals surface area contributed by atoms with Crippen molar-refractivity contribution in [3.63, 3.8) is 0 Å².